The highest BCUT2D eigenvalue weighted by Gasteiger charge is 2.44. The lowest BCUT2D eigenvalue weighted by molar-refractivity contribution is -0.145. The van der Waals surface area contributed by atoms with Gasteiger partial charge in [0.05, 0.1) is 31.1 Å². The van der Waals surface area contributed by atoms with Crippen LogP contribution in [0.3, 0.4) is 0 Å². The van der Waals surface area contributed by atoms with Crippen molar-refractivity contribution in [2.75, 3.05) is 29.1 Å². The first kappa shape index (κ1) is 30.9. The summed E-state index contributed by atoms with van der Waals surface area (Å²) in [5.74, 6) is 2.03. The van der Waals surface area contributed by atoms with Crippen molar-refractivity contribution >= 4 is 27.4 Å². The number of benzene rings is 4. The van der Waals surface area contributed by atoms with Gasteiger partial charge in [-0.25, -0.2) is 8.42 Å². The number of anilines is 2. The molecule has 2 atom stereocenters. The van der Waals surface area contributed by atoms with E-state index in [1.807, 2.05) is 92.7 Å². The number of ether oxygens (including phenoxy) is 3. The fraction of sp³-hybridized carbons (Fsp3) is 0.286. The topological polar surface area (TPSA) is 94.2 Å². The van der Waals surface area contributed by atoms with Gasteiger partial charge in [-0.05, 0) is 73.4 Å². The second kappa shape index (κ2) is 13.9. The molecule has 1 aliphatic rings. The monoisotopic (exact) mass is 614 g/mol. The summed E-state index contributed by atoms with van der Waals surface area (Å²) in [7, 11) is -3.41. The molecule has 9 heteroatoms. The van der Waals surface area contributed by atoms with Crippen molar-refractivity contribution in [1.82, 2.24) is 0 Å². The SMILES string of the molecule is CCOC(=O)C1CC1COc1cccc(Oc2ccc(CN(Cc3ccccc3)c3cccc(NS(C)(=O)=O)c3C)cc2)c1. The first-order valence-corrected chi connectivity index (χ1v) is 16.6. The number of rotatable bonds is 14. The third-order valence-electron chi connectivity index (χ3n) is 7.47. The fourth-order valence-electron chi connectivity index (χ4n) is 5.13. The zero-order valence-corrected chi connectivity index (χ0v) is 26.0. The Labute approximate surface area is 259 Å². The molecule has 2 unspecified atom stereocenters. The molecular formula is C35H38N2O6S. The van der Waals surface area contributed by atoms with Crippen LogP contribution in [0, 0.1) is 18.8 Å². The van der Waals surface area contributed by atoms with Crippen LogP contribution < -0.4 is 19.1 Å². The van der Waals surface area contributed by atoms with Crippen molar-refractivity contribution in [3.05, 3.63) is 114 Å². The van der Waals surface area contributed by atoms with Crippen LogP contribution in [0.25, 0.3) is 0 Å². The normalized spacial score (nSPS) is 15.7. The summed E-state index contributed by atoms with van der Waals surface area (Å²) in [5, 5.41) is 0. The van der Waals surface area contributed by atoms with Gasteiger partial charge in [0.1, 0.15) is 17.2 Å². The average molecular weight is 615 g/mol. The lowest BCUT2D eigenvalue weighted by Crippen LogP contribution is -2.23. The molecule has 0 amide bonds. The summed E-state index contributed by atoms with van der Waals surface area (Å²) in [6.45, 7) is 5.86. The maximum atomic E-state index is 12.0. The van der Waals surface area contributed by atoms with Gasteiger partial charge in [-0.15, -0.1) is 0 Å². The van der Waals surface area contributed by atoms with Crippen LogP contribution >= 0.6 is 0 Å². The highest BCUT2D eigenvalue weighted by molar-refractivity contribution is 7.92. The Hall–Kier alpha value is -4.50. The Kier molecular flexibility index (Phi) is 9.75. The zero-order valence-electron chi connectivity index (χ0n) is 25.2. The first-order chi connectivity index (χ1) is 21.2. The molecule has 230 valence electrons. The van der Waals surface area contributed by atoms with Gasteiger partial charge in [-0.2, -0.15) is 0 Å². The minimum atomic E-state index is -3.41. The second-order valence-electron chi connectivity index (χ2n) is 11.1. The summed E-state index contributed by atoms with van der Waals surface area (Å²) in [6.07, 6.45) is 1.96. The standard InChI is InChI=1S/C35H38N2O6S/c1-4-41-35(38)32-20-28(32)24-42-30-12-8-13-31(21-30)43-29-18-16-27(17-19-29)23-37(22-26-10-6-5-7-11-26)34-15-9-14-33(25(34)2)36-44(3,39)40/h5-19,21,28,32,36H,4,20,22-24H2,1-3H3. The lowest BCUT2D eigenvalue weighted by Gasteiger charge is -2.28. The van der Waals surface area contributed by atoms with E-state index < -0.39 is 10.0 Å². The Morgan fingerprint density at radius 2 is 1.55 bits per heavy atom. The van der Waals surface area contributed by atoms with Gasteiger partial charge in [0, 0.05) is 30.8 Å². The van der Waals surface area contributed by atoms with Crippen molar-refractivity contribution in [1.29, 1.82) is 0 Å². The van der Waals surface area contributed by atoms with E-state index in [9.17, 15) is 13.2 Å². The summed E-state index contributed by atoms with van der Waals surface area (Å²) in [5.41, 5.74) is 4.59. The maximum absolute atomic E-state index is 12.0. The minimum absolute atomic E-state index is 0.0616. The van der Waals surface area contributed by atoms with Crippen LogP contribution in [0.1, 0.15) is 30.0 Å². The smallest absolute Gasteiger partial charge is 0.309 e. The van der Waals surface area contributed by atoms with Gasteiger partial charge in [0.2, 0.25) is 10.0 Å². The van der Waals surface area contributed by atoms with Gasteiger partial charge >= 0.3 is 5.97 Å². The lowest BCUT2D eigenvalue weighted by atomic mass is 10.1. The van der Waals surface area contributed by atoms with Gasteiger partial charge in [-0.1, -0.05) is 54.6 Å². The molecule has 0 heterocycles. The number of esters is 1. The summed E-state index contributed by atoms with van der Waals surface area (Å²) in [6, 6.07) is 31.3. The molecule has 4 aromatic rings. The van der Waals surface area contributed by atoms with E-state index in [0.717, 1.165) is 35.1 Å². The second-order valence-corrected chi connectivity index (χ2v) is 12.8. The van der Waals surface area contributed by atoms with Gasteiger partial charge < -0.3 is 19.1 Å². The van der Waals surface area contributed by atoms with E-state index in [1.54, 1.807) is 6.07 Å². The van der Waals surface area contributed by atoms with E-state index in [-0.39, 0.29) is 17.8 Å². The maximum Gasteiger partial charge on any atom is 0.309 e. The Morgan fingerprint density at radius 3 is 2.25 bits per heavy atom. The number of carbonyl (C=O) groups is 1. The van der Waals surface area contributed by atoms with Gasteiger partial charge in [0.25, 0.3) is 0 Å². The Balaban J connectivity index is 1.25. The first-order valence-electron chi connectivity index (χ1n) is 14.7. The summed E-state index contributed by atoms with van der Waals surface area (Å²) in [4.78, 5) is 14.1. The Morgan fingerprint density at radius 1 is 0.864 bits per heavy atom. The number of hydrogen-bond donors (Lipinski definition) is 1. The molecule has 1 saturated carbocycles. The van der Waals surface area contributed by atoms with Crippen LogP contribution in [0.2, 0.25) is 0 Å². The summed E-state index contributed by atoms with van der Waals surface area (Å²) < 4.78 is 43.7. The van der Waals surface area contributed by atoms with Crippen molar-refractivity contribution in [2.45, 2.75) is 33.4 Å². The third kappa shape index (κ3) is 8.54. The van der Waals surface area contributed by atoms with Crippen LogP contribution in [0.15, 0.2) is 97.1 Å². The zero-order chi connectivity index (χ0) is 31.1. The van der Waals surface area contributed by atoms with Gasteiger partial charge in [-0.3, -0.25) is 9.52 Å². The fourth-order valence-corrected chi connectivity index (χ4v) is 5.75. The molecule has 0 aromatic heterocycles. The predicted molar refractivity (Wildman–Crippen MR) is 173 cm³/mol. The molecule has 5 rings (SSSR count). The number of sulfonamides is 1. The Bertz CT molecular complexity index is 1680. The largest absolute Gasteiger partial charge is 0.493 e. The van der Waals surface area contributed by atoms with Crippen LogP contribution in [-0.2, 0) is 32.6 Å². The molecular weight excluding hydrogens is 576 g/mol. The quantitative estimate of drug-likeness (QED) is 0.154. The molecule has 44 heavy (non-hydrogen) atoms. The third-order valence-corrected chi connectivity index (χ3v) is 8.06. The predicted octanol–water partition coefficient (Wildman–Crippen LogP) is 6.94. The van der Waals surface area contributed by atoms with E-state index in [2.05, 4.69) is 21.8 Å². The molecule has 0 aliphatic heterocycles. The molecule has 1 aliphatic carbocycles. The van der Waals surface area contributed by atoms with E-state index in [0.29, 0.717) is 49.2 Å². The number of carbonyl (C=O) groups excluding carboxylic acids is 1. The molecule has 1 fully saturated rings. The minimum Gasteiger partial charge on any atom is -0.493 e. The van der Waals surface area contributed by atoms with E-state index in [1.165, 1.54) is 0 Å². The molecule has 1 N–H and O–H groups in total. The molecule has 8 nitrogen and oxygen atoms in total. The molecule has 0 saturated heterocycles. The van der Waals surface area contributed by atoms with E-state index >= 15 is 0 Å². The molecule has 0 radical (unpaired) electrons. The molecule has 0 spiro atoms. The van der Waals surface area contributed by atoms with Crippen molar-refractivity contribution in [2.24, 2.45) is 11.8 Å². The highest BCUT2D eigenvalue weighted by atomic mass is 32.2. The van der Waals surface area contributed by atoms with Crippen LogP contribution in [0.5, 0.6) is 17.2 Å². The van der Waals surface area contributed by atoms with Crippen LogP contribution in [-0.4, -0.2) is 33.9 Å². The van der Waals surface area contributed by atoms with Crippen molar-refractivity contribution in [3.63, 3.8) is 0 Å². The van der Waals surface area contributed by atoms with Crippen molar-refractivity contribution < 1.29 is 27.4 Å². The van der Waals surface area contributed by atoms with Crippen molar-refractivity contribution in [3.8, 4) is 17.2 Å². The van der Waals surface area contributed by atoms with Gasteiger partial charge in [0.15, 0.2) is 0 Å². The number of nitrogens with zero attached hydrogens (tertiary/aromatic N) is 1. The molecule has 0 bridgehead atoms. The number of nitrogens with one attached hydrogen (secondary N) is 1. The van der Waals surface area contributed by atoms with Crippen LogP contribution in [0.4, 0.5) is 11.4 Å². The number of hydrogen-bond acceptors (Lipinski definition) is 7. The molecule has 4 aromatic carbocycles. The highest BCUT2D eigenvalue weighted by Crippen LogP contribution is 2.40. The summed E-state index contributed by atoms with van der Waals surface area (Å²) >= 11 is 0. The average Bonchev–Trinajstić information content (AvgIpc) is 3.78. The van der Waals surface area contributed by atoms with E-state index in [4.69, 9.17) is 14.2 Å².